The number of aliphatic hydroxyl groups excluding tert-OH is 2. The molecule has 29 heteroatoms. The van der Waals surface area contributed by atoms with Crippen molar-refractivity contribution in [1.82, 2.24) is 29.9 Å². The molecule has 0 spiro atoms. The van der Waals surface area contributed by atoms with Crippen molar-refractivity contribution in [3.8, 4) is 22.8 Å². The van der Waals surface area contributed by atoms with Crippen LogP contribution in [0.1, 0.15) is 25.0 Å². The molecule has 0 saturated carbocycles. The second-order valence-corrected chi connectivity index (χ2v) is 20.0. The number of nitrogens with zero attached hydrogens (tertiary/aromatic N) is 6. The summed E-state index contributed by atoms with van der Waals surface area (Å²) in [5.41, 5.74) is 5.53. The van der Waals surface area contributed by atoms with Crippen LogP contribution in [-0.2, 0) is 40.5 Å². The highest BCUT2D eigenvalue weighted by Gasteiger charge is 2.23. The van der Waals surface area contributed by atoms with Gasteiger partial charge in [0.1, 0.15) is 9.79 Å². The Morgan fingerprint density at radius 3 is 1.43 bits per heavy atom. The van der Waals surface area contributed by atoms with Gasteiger partial charge in [0.05, 0.1) is 22.0 Å². The van der Waals surface area contributed by atoms with Gasteiger partial charge in [0.15, 0.2) is 11.6 Å². The van der Waals surface area contributed by atoms with Gasteiger partial charge in [-0.15, -0.1) is 0 Å². The quantitative estimate of drug-likeness (QED) is 0.0334. The first-order valence-electron chi connectivity index (χ1n) is 19.0. The fraction of sp³-hybridized carbons (Fsp3) is 0.158. The van der Waals surface area contributed by atoms with Crippen LogP contribution in [-0.4, -0.2) is 117 Å². The Bertz CT molecular complexity index is 3360. The van der Waals surface area contributed by atoms with E-state index in [1.807, 2.05) is 0 Å². The van der Waals surface area contributed by atoms with E-state index in [9.17, 15) is 62.1 Å². The van der Waals surface area contributed by atoms with Crippen LogP contribution in [0.5, 0.6) is 0 Å². The Labute approximate surface area is 382 Å². The maximum absolute atomic E-state index is 12.9. The highest BCUT2D eigenvalue weighted by molar-refractivity contribution is 7.86. The number of aliphatic hydroxyl groups is 2. The lowest BCUT2D eigenvalue weighted by Gasteiger charge is -2.14. The first kappa shape index (κ1) is 49.6. The molecular weight excluding hydrogens is 963 g/mol. The molecular formula is C38H39N11O14S4. The molecule has 2 unspecified atom stereocenters. The lowest BCUT2D eigenvalue weighted by Crippen LogP contribution is -2.18. The molecule has 0 aliphatic rings. The Hall–Kier alpha value is -6.80. The predicted molar refractivity (Wildman–Crippen MR) is 243 cm³/mol. The molecule has 6 aromatic rings. The van der Waals surface area contributed by atoms with Crippen molar-refractivity contribution >= 4 is 93.5 Å². The van der Waals surface area contributed by atoms with E-state index in [4.69, 9.17) is 5.73 Å². The van der Waals surface area contributed by atoms with E-state index < -0.39 is 72.3 Å². The Kier molecular flexibility index (Phi) is 14.5. The van der Waals surface area contributed by atoms with Crippen LogP contribution in [0.4, 0.5) is 40.9 Å². The molecule has 0 aliphatic heterocycles. The van der Waals surface area contributed by atoms with Crippen molar-refractivity contribution in [3.05, 3.63) is 90.0 Å². The number of aromatic nitrogens is 6. The van der Waals surface area contributed by atoms with Crippen molar-refractivity contribution in [2.24, 2.45) is 0 Å². The molecule has 67 heavy (non-hydrogen) atoms. The van der Waals surface area contributed by atoms with Gasteiger partial charge in [-0.1, -0.05) is 36.4 Å². The molecule has 354 valence electrons. The van der Waals surface area contributed by atoms with Gasteiger partial charge in [-0.25, -0.2) is 0 Å². The average Bonchev–Trinajstić information content (AvgIpc) is 3.23. The number of hydrogen-bond donors (Lipinski definition) is 11. The highest BCUT2D eigenvalue weighted by Crippen LogP contribution is 2.33. The molecule has 0 saturated heterocycles. The summed E-state index contributed by atoms with van der Waals surface area (Å²) < 4.78 is 138. The van der Waals surface area contributed by atoms with Crippen LogP contribution in [0.25, 0.3) is 34.9 Å². The summed E-state index contributed by atoms with van der Waals surface area (Å²) in [6.07, 6.45) is 0.358. The smallest absolute Gasteiger partial charge is 0.295 e. The fourth-order valence-corrected chi connectivity index (χ4v) is 8.36. The van der Waals surface area contributed by atoms with E-state index in [1.54, 1.807) is 0 Å². The molecule has 0 radical (unpaired) electrons. The molecule has 0 aliphatic carbocycles. The number of anilines is 7. The Balaban J connectivity index is 1.40. The lowest BCUT2D eigenvalue weighted by molar-refractivity contribution is 0.207. The molecule has 2 heterocycles. The molecule has 0 amide bonds. The topological polar surface area (TPSA) is 409 Å². The first-order valence-corrected chi connectivity index (χ1v) is 24.8. The summed E-state index contributed by atoms with van der Waals surface area (Å²) in [7, 11) is -19.4. The lowest BCUT2D eigenvalue weighted by atomic mass is 10.1. The third kappa shape index (κ3) is 13.2. The molecule has 0 fully saturated rings. The summed E-state index contributed by atoms with van der Waals surface area (Å²) in [6.45, 7) is 2.82. The maximum atomic E-state index is 12.9. The minimum atomic E-state index is -5.14. The molecule has 2 atom stereocenters. The van der Waals surface area contributed by atoms with Gasteiger partial charge < -0.3 is 37.2 Å². The summed E-state index contributed by atoms with van der Waals surface area (Å²) in [5, 5.41) is 30.8. The average molecular weight is 1000 g/mol. The second kappa shape index (κ2) is 19.6. The molecule has 6 rings (SSSR count). The van der Waals surface area contributed by atoms with Gasteiger partial charge in [-0.3, -0.25) is 18.2 Å². The number of nitrogens with two attached hydrogens (primary N) is 1. The molecule has 25 nitrogen and oxygen atoms in total. The zero-order chi connectivity index (χ0) is 49.1. The molecule has 4 aromatic carbocycles. The van der Waals surface area contributed by atoms with E-state index in [0.29, 0.717) is 0 Å². The van der Waals surface area contributed by atoms with E-state index in [0.717, 1.165) is 48.6 Å². The van der Waals surface area contributed by atoms with E-state index in [1.165, 1.54) is 56.3 Å². The SMILES string of the molecule is CC(O)CNc1nc(Nc2cccc(S(=O)(=O)O)c2)nc(-c2ccc(C=Cc3c(N)cc(-c4nc(NCC(C)O)nc(Nc5cccc(S(=O)(=O)O)c5)n4)cc3S(=O)(=O)O)c(S(=O)(=O)O)c2)n1. The minimum absolute atomic E-state index is 0.0239. The largest absolute Gasteiger partial charge is 0.398 e. The van der Waals surface area contributed by atoms with E-state index in [2.05, 4.69) is 51.2 Å². The third-order valence-corrected chi connectivity index (χ3v) is 12.3. The summed E-state index contributed by atoms with van der Waals surface area (Å²) >= 11 is 0. The van der Waals surface area contributed by atoms with E-state index >= 15 is 0 Å². The number of benzene rings is 4. The summed E-state index contributed by atoms with van der Waals surface area (Å²) in [6, 6.07) is 15.6. The third-order valence-electron chi connectivity index (χ3n) is 8.85. The fourth-order valence-electron chi connectivity index (χ4n) is 5.86. The number of nitrogens with one attached hydrogen (secondary N) is 4. The van der Waals surface area contributed by atoms with Crippen LogP contribution >= 0.6 is 0 Å². The zero-order valence-corrected chi connectivity index (χ0v) is 37.8. The van der Waals surface area contributed by atoms with Crippen LogP contribution in [0.2, 0.25) is 0 Å². The minimum Gasteiger partial charge on any atom is -0.398 e. The van der Waals surface area contributed by atoms with Crippen molar-refractivity contribution < 1.29 is 62.1 Å². The first-order chi connectivity index (χ1) is 31.2. The standard InChI is InChI=1S/C38H39N11O14S4/c1-20(50)18-40-35-44-33(46-37(48-35)42-25-5-3-7-27(16-25)64(52,53)54)23-10-9-22(31(14-23)66(58,59)60)11-12-29-30(39)13-24(15-32(29)67(61,62)63)34-45-36(41-19-21(2)51)49-38(47-34)43-26-6-4-8-28(17-26)65(55,56)57/h3-17,20-21,50-51H,18-19,39H2,1-2H3,(H,52,53,54)(H,55,56,57)(H,58,59,60)(H,61,62,63)(H2,40,42,44,46,48)(H2,41,43,45,47,49). The van der Waals surface area contributed by atoms with Crippen LogP contribution < -0.4 is 27.0 Å². The maximum Gasteiger partial charge on any atom is 0.295 e. The van der Waals surface area contributed by atoms with E-state index in [-0.39, 0.29) is 87.8 Å². The van der Waals surface area contributed by atoms with Crippen LogP contribution in [0.3, 0.4) is 0 Å². The molecule has 0 bridgehead atoms. The summed E-state index contributed by atoms with van der Waals surface area (Å²) in [5.74, 6) is -1.17. The Morgan fingerprint density at radius 2 is 0.985 bits per heavy atom. The predicted octanol–water partition coefficient (Wildman–Crippen LogP) is 3.20. The van der Waals surface area contributed by atoms with Crippen molar-refractivity contribution in [3.63, 3.8) is 0 Å². The molecule has 2 aromatic heterocycles. The Morgan fingerprint density at radius 1 is 0.537 bits per heavy atom. The second-order valence-electron chi connectivity index (χ2n) is 14.3. The van der Waals surface area contributed by atoms with Gasteiger partial charge >= 0.3 is 0 Å². The zero-order valence-electron chi connectivity index (χ0n) is 34.6. The van der Waals surface area contributed by atoms with Crippen molar-refractivity contribution in [2.75, 3.05) is 40.1 Å². The number of hydrogen-bond acceptors (Lipinski definition) is 21. The summed E-state index contributed by atoms with van der Waals surface area (Å²) in [4.78, 5) is 23.1. The van der Waals surface area contributed by atoms with Gasteiger partial charge in [0.25, 0.3) is 40.5 Å². The number of nitrogen functional groups attached to an aromatic ring is 1. The van der Waals surface area contributed by atoms with Gasteiger partial charge in [0, 0.05) is 46.8 Å². The van der Waals surface area contributed by atoms with Crippen LogP contribution in [0.15, 0.2) is 98.4 Å². The highest BCUT2D eigenvalue weighted by atomic mass is 32.2. The van der Waals surface area contributed by atoms with Crippen molar-refractivity contribution in [1.29, 1.82) is 0 Å². The monoisotopic (exact) mass is 1000 g/mol. The van der Waals surface area contributed by atoms with Crippen molar-refractivity contribution in [2.45, 2.75) is 45.6 Å². The van der Waals surface area contributed by atoms with Crippen LogP contribution in [0, 0.1) is 0 Å². The van der Waals surface area contributed by atoms with Gasteiger partial charge in [0.2, 0.25) is 23.8 Å². The number of rotatable bonds is 18. The molecule has 12 N–H and O–H groups in total. The normalized spacial score (nSPS) is 13.3. The van der Waals surface area contributed by atoms with Gasteiger partial charge in [-0.05, 0) is 74.0 Å². The van der Waals surface area contributed by atoms with Gasteiger partial charge in [-0.2, -0.15) is 63.6 Å².